The van der Waals surface area contributed by atoms with Crippen LogP contribution in [0.3, 0.4) is 0 Å². The summed E-state index contributed by atoms with van der Waals surface area (Å²) in [5.74, 6) is -2.23. The van der Waals surface area contributed by atoms with E-state index in [2.05, 4.69) is 30.8 Å². The summed E-state index contributed by atoms with van der Waals surface area (Å²) < 4.78 is 38.3. The third kappa shape index (κ3) is 3.45. The van der Waals surface area contributed by atoms with Gasteiger partial charge in [0.15, 0.2) is 11.5 Å². The Labute approximate surface area is 187 Å². The van der Waals surface area contributed by atoms with E-state index in [1.54, 1.807) is 34.7 Å². The number of rotatable bonds is 5. The van der Waals surface area contributed by atoms with Crippen molar-refractivity contribution in [2.24, 2.45) is 0 Å². The Kier molecular flexibility index (Phi) is 4.66. The van der Waals surface area contributed by atoms with Gasteiger partial charge in [-0.2, -0.15) is 10.1 Å². The molecule has 6 heterocycles. The first-order valence-corrected chi connectivity index (χ1v) is 10.9. The van der Waals surface area contributed by atoms with Crippen molar-refractivity contribution in [3.63, 3.8) is 0 Å². The molecular weight excluding hydrogens is 432 g/mol. The normalized spacial score (nSPS) is 21.4. The van der Waals surface area contributed by atoms with Crippen LogP contribution in [0, 0.1) is 0 Å². The van der Waals surface area contributed by atoms with Crippen LogP contribution in [0.1, 0.15) is 6.42 Å². The number of piperidine rings is 1. The minimum Gasteiger partial charge on any atom is -0.378 e. The predicted octanol–water partition coefficient (Wildman–Crippen LogP) is 2.00. The monoisotopic (exact) mass is 455 g/mol. The fourth-order valence-electron chi connectivity index (χ4n) is 4.47. The summed E-state index contributed by atoms with van der Waals surface area (Å²) >= 11 is 0. The average Bonchev–Trinajstić information content (AvgIpc) is 3.39. The predicted molar refractivity (Wildman–Crippen MR) is 118 cm³/mol. The molecule has 0 bridgehead atoms. The summed E-state index contributed by atoms with van der Waals surface area (Å²) in [6, 6.07) is 4.69. The number of imidazole rings is 1. The molecule has 0 radical (unpaired) electrons. The second-order valence-corrected chi connectivity index (χ2v) is 8.41. The molecule has 4 aromatic rings. The zero-order chi connectivity index (χ0) is 22.6. The Bertz CT molecular complexity index is 1320. The van der Waals surface area contributed by atoms with Crippen molar-refractivity contribution in [1.82, 2.24) is 34.1 Å². The topological polar surface area (TPSA) is 96.9 Å². The van der Waals surface area contributed by atoms with Gasteiger partial charge in [0.05, 0.1) is 37.5 Å². The number of likely N-dealkylation sites (tertiary alicyclic amines) is 1. The van der Waals surface area contributed by atoms with Crippen LogP contribution >= 0.6 is 0 Å². The molecule has 33 heavy (non-hydrogen) atoms. The lowest BCUT2D eigenvalue weighted by molar-refractivity contribution is -0.131. The molecule has 0 aromatic carbocycles. The van der Waals surface area contributed by atoms with E-state index in [0.717, 1.165) is 16.9 Å². The van der Waals surface area contributed by atoms with Gasteiger partial charge in [0.25, 0.3) is 5.92 Å². The van der Waals surface area contributed by atoms with Crippen molar-refractivity contribution in [3.05, 3.63) is 36.8 Å². The second-order valence-electron chi connectivity index (χ2n) is 8.41. The van der Waals surface area contributed by atoms with Crippen molar-refractivity contribution in [2.75, 3.05) is 44.0 Å². The smallest absolute Gasteiger partial charge is 0.280 e. The van der Waals surface area contributed by atoms with Gasteiger partial charge in [-0.3, -0.25) is 4.90 Å². The van der Waals surface area contributed by atoms with Crippen molar-refractivity contribution in [2.45, 2.75) is 24.4 Å². The molecule has 0 spiro atoms. The molecule has 0 unspecified atom stereocenters. The number of nitrogens with one attached hydrogen (secondary N) is 2. The van der Waals surface area contributed by atoms with Crippen molar-refractivity contribution in [1.29, 1.82) is 0 Å². The number of aromatic nitrogens is 6. The minimum absolute atomic E-state index is 0.0915. The van der Waals surface area contributed by atoms with Crippen molar-refractivity contribution < 1.29 is 13.5 Å². The van der Waals surface area contributed by atoms with Crippen LogP contribution in [0.5, 0.6) is 0 Å². The quantitative estimate of drug-likeness (QED) is 0.472. The molecular formula is C21H23F2N9O. The SMILES string of the molecule is CNc1nc(N[C@H]2CCN(C3COC3)CC2(F)F)nn2ccc(-c3ccc4nccn4n3)c12. The first-order chi connectivity index (χ1) is 16.0. The number of hydrogen-bond donors (Lipinski definition) is 2. The number of hydrogen-bond acceptors (Lipinski definition) is 8. The number of ether oxygens (including phenoxy) is 1. The number of alkyl halides is 2. The summed E-state index contributed by atoms with van der Waals surface area (Å²) in [5.41, 5.74) is 3.00. The number of fused-ring (bicyclic) bond motifs is 2. The maximum atomic E-state index is 14.9. The van der Waals surface area contributed by atoms with E-state index >= 15 is 0 Å². The number of anilines is 2. The first kappa shape index (κ1) is 20.2. The van der Waals surface area contributed by atoms with E-state index in [-0.39, 0.29) is 18.5 Å². The third-order valence-electron chi connectivity index (χ3n) is 6.35. The molecule has 12 heteroatoms. The van der Waals surface area contributed by atoms with Crippen LogP contribution in [0.4, 0.5) is 20.5 Å². The van der Waals surface area contributed by atoms with Gasteiger partial charge in [0.1, 0.15) is 5.52 Å². The summed E-state index contributed by atoms with van der Waals surface area (Å²) in [6.45, 7) is 1.34. The van der Waals surface area contributed by atoms with E-state index in [0.29, 0.717) is 37.5 Å². The van der Waals surface area contributed by atoms with Gasteiger partial charge in [0.2, 0.25) is 5.95 Å². The molecule has 2 saturated heterocycles. The highest BCUT2D eigenvalue weighted by Gasteiger charge is 2.47. The summed E-state index contributed by atoms with van der Waals surface area (Å²) in [7, 11) is 1.74. The lowest BCUT2D eigenvalue weighted by atomic mass is 9.98. The van der Waals surface area contributed by atoms with Gasteiger partial charge in [-0.25, -0.2) is 22.8 Å². The van der Waals surface area contributed by atoms with E-state index < -0.39 is 12.0 Å². The van der Waals surface area contributed by atoms with Gasteiger partial charge in [-0.15, -0.1) is 5.10 Å². The lowest BCUT2D eigenvalue weighted by Gasteiger charge is -2.44. The summed E-state index contributed by atoms with van der Waals surface area (Å²) in [5, 5.41) is 15.0. The lowest BCUT2D eigenvalue weighted by Crippen LogP contribution is -2.61. The van der Waals surface area contributed by atoms with Crippen LogP contribution < -0.4 is 10.6 Å². The summed E-state index contributed by atoms with van der Waals surface area (Å²) in [4.78, 5) is 10.5. The van der Waals surface area contributed by atoms with Crippen LogP contribution in [0.2, 0.25) is 0 Å². The molecule has 0 amide bonds. The van der Waals surface area contributed by atoms with Crippen molar-refractivity contribution >= 4 is 22.9 Å². The highest BCUT2D eigenvalue weighted by molar-refractivity contribution is 5.87. The molecule has 2 N–H and O–H groups in total. The first-order valence-electron chi connectivity index (χ1n) is 10.9. The Morgan fingerprint density at radius 2 is 2.00 bits per heavy atom. The Morgan fingerprint density at radius 3 is 2.76 bits per heavy atom. The summed E-state index contributed by atoms with van der Waals surface area (Å²) in [6.07, 6.45) is 5.53. The zero-order valence-electron chi connectivity index (χ0n) is 17.9. The van der Waals surface area contributed by atoms with Gasteiger partial charge < -0.3 is 15.4 Å². The molecule has 10 nitrogen and oxygen atoms in total. The molecule has 1 atom stereocenters. The van der Waals surface area contributed by atoms with Crippen LogP contribution in [-0.4, -0.2) is 85.5 Å². The fraction of sp³-hybridized carbons (Fsp3) is 0.429. The Hall–Kier alpha value is -3.38. The van der Waals surface area contributed by atoms with Crippen LogP contribution in [0.25, 0.3) is 22.4 Å². The molecule has 6 rings (SSSR count). The van der Waals surface area contributed by atoms with Gasteiger partial charge in [-0.05, 0) is 24.6 Å². The Morgan fingerprint density at radius 1 is 1.12 bits per heavy atom. The second kappa shape index (κ2) is 7.59. The van der Waals surface area contributed by atoms with Crippen LogP contribution in [-0.2, 0) is 4.74 Å². The molecule has 172 valence electrons. The van der Waals surface area contributed by atoms with Gasteiger partial charge in [-0.1, -0.05) is 0 Å². The number of halogens is 2. The molecule has 0 saturated carbocycles. The highest BCUT2D eigenvalue weighted by atomic mass is 19.3. The number of nitrogens with zero attached hydrogens (tertiary/aromatic N) is 7. The maximum Gasteiger partial charge on any atom is 0.280 e. The zero-order valence-corrected chi connectivity index (χ0v) is 17.9. The molecule has 4 aromatic heterocycles. The van der Waals surface area contributed by atoms with Crippen molar-refractivity contribution in [3.8, 4) is 11.3 Å². The van der Waals surface area contributed by atoms with Crippen LogP contribution in [0.15, 0.2) is 36.8 Å². The van der Waals surface area contributed by atoms with Gasteiger partial charge >= 0.3 is 0 Å². The highest BCUT2D eigenvalue weighted by Crippen LogP contribution is 2.33. The van der Waals surface area contributed by atoms with E-state index in [9.17, 15) is 8.78 Å². The van der Waals surface area contributed by atoms with E-state index in [1.807, 2.05) is 23.1 Å². The van der Waals surface area contributed by atoms with Gasteiger partial charge in [0, 0.05) is 37.7 Å². The molecule has 2 aliphatic rings. The molecule has 2 fully saturated rings. The minimum atomic E-state index is -2.90. The maximum absolute atomic E-state index is 14.9. The Balaban J connectivity index is 1.30. The van der Waals surface area contributed by atoms with E-state index in [1.165, 1.54) is 0 Å². The molecule has 2 aliphatic heterocycles. The van der Waals surface area contributed by atoms with E-state index in [4.69, 9.17) is 4.74 Å². The standard InChI is InChI=1S/C21H23F2N9O/c1-24-19-18-14(15-2-3-17-25-6-9-31(17)28-15)4-8-32(18)29-20(27-19)26-16-5-7-30(12-21(16,22)23)13-10-33-11-13/h2-4,6,8-9,13,16H,5,7,10-12H2,1H3,(H2,24,26,27,29)/t16-/m0/s1. The fourth-order valence-corrected chi connectivity index (χ4v) is 4.47. The molecule has 0 aliphatic carbocycles. The largest absolute Gasteiger partial charge is 0.378 e. The third-order valence-corrected chi connectivity index (χ3v) is 6.35. The average molecular weight is 455 g/mol.